The summed E-state index contributed by atoms with van der Waals surface area (Å²) in [4.78, 5) is 38.7. The number of sulfonamides is 1. The summed E-state index contributed by atoms with van der Waals surface area (Å²) in [6, 6.07) is 16.1. The lowest BCUT2D eigenvalue weighted by molar-refractivity contribution is -0.384. The number of anilines is 1. The van der Waals surface area contributed by atoms with Crippen LogP contribution in [0.3, 0.4) is 0 Å². The van der Waals surface area contributed by atoms with Crippen molar-refractivity contribution < 1.29 is 22.9 Å². The summed E-state index contributed by atoms with van der Waals surface area (Å²) in [6.07, 6.45) is 0.665. The van der Waals surface area contributed by atoms with Gasteiger partial charge in [0.05, 0.1) is 15.5 Å². The molecule has 1 N–H and O–H groups in total. The molecule has 212 valence electrons. The Bertz CT molecular complexity index is 1470. The maximum Gasteiger partial charge on any atom is 0.271 e. The van der Waals surface area contributed by atoms with E-state index in [1.807, 2.05) is 6.92 Å². The van der Waals surface area contributed by atoms with E-state index in [0.717, 1.165) is 10.4 Å². The Morgan fingerprint density at radius 1 is 1.00 bits per heavy atom. The van der Waals surface area contributed by atoms with Crippen molar-refractivity contribution in [2.75, 3.05) is 17.4 Å². The number of carbonyl (C=O) groups is 2. The number of carbonyl (C=O) groups excluding carboxylic acids is 2. The minimum absolute atomic E-state index is 0.0924. The Labute approximate surface area is 242 Å². The third kappa shape index (κ3) is 7.29. The minimum Gasteiger partial charge on any atom is -0.354 e. The highest BCUT2D eigenvalue weighted by Crippen LogP contribution is 2.29. The smallest absolute Gasteiger partial charge is 0.271 e. The van der Waals surface area contributed by atoms with Gasteiger partial charge in [0.1, 0.15) is 12.6 Å². The van der Waals surface area contributed by atoms with E-state index in [2.05, 4.69) is 5.32 Å². The van der Waals surface area contributed by atoms with Gasteiger partial charge < -0.3 is 10.2 Å². The Kier molecular flexibility index (Phi) is 10.5. The summed E-state index contributed by atoms with van der Waals surface area (Å²) >= 11 is 12.7. The molecule has 0 aliphatic heterocycles. The van der Waals surface area contributed by atoms with Crippen LogP contribution in [0.15, 0.2) is 77.7 Å². The lowest BCUT2D eigenvalue weighted by Gasteiger charge is -2.32. The fourth-order valence-corrected chi connectivity index (χ4v) is 5.79. The van der Waals surface area contributed by atoms with Crippen LogP contribution in [0.5, 0.6) is 0 Å². The number of nitrogens with zero attached hydrogens (tertiary/aromatic N) is 3. The number of hydrogen-bond donors (Lipinski definition) is 1. The normalized spacial score (nSPS) is 11.9. The van der Waals surface area contributed by atoms with Crippen LogP contribution >= 0.6 is 23.2 Å². The first-order chi connectivity index (χ1) is 19.0. The number of nitrogens with one attached hydrogen (secondary N) is 1. The van der Waals surface area contributed by atoms with Crippen LogP contribution < -0.4 is 9.62 Å². The van der Waals surface area contributed by atoms with Gasteiger partial charge >= 0.3 is 0 Å². The highest BCUT2D eigenvalue weighted by Gasteiger charge is 2.33. The van der Waals surface area contributed by atoms with Crippen molar-refractivity contribution in [2.24, 2.45) is 0 Å². The Morgan fingerprint density at radius 2 is 1.62 bits per heavy atom. The number of nitro benzene ring substituents is 1. The molecule has 0 aromatic heterocycles. The molecule has 13 heteroatoms. The van der Waals surface area contributed by atoms with Crippen molar-refractivity contribution in [3.63, 3.8) is 0 Å². The predicted molar refractivity (Wildman–Crippen MR) is 154 cm³/mol. The first kappa shape index (κ1) is 30.9. The van der Waals surface area contributed by atoms with E-state index in [1.165, 1.54) is 54.3 Å². The fraction of sp³-hybridized carbons (Fsp3) is 0.259. The molecule has 3 aromatic carbocycles. The summed E-state index contributed by atoms with van der Waals surface area (Å²) < 4.78 is 28.3. The standard InChI is InChI=1S/C27H28Cl2N4O6S/c1-3-15-30-27(35)19(2)31(17-23-24(28)13-8-14-25(23)29)26(34)18-32(20-9-7-10-21(16-20)33(36)37)40(38,39)22-11-5-4-6-12-22/h4-14,16,19H,3,15,17-18H2,1-2H3,(H,30,35)/t19-/m0/s1. The first-order valence-electron chi connectivity index (χ1n) is 12.3. The molecule has 0 bridgehead atoms. The van der Waals surface area contributed by atoms with Gasteiger partial charge in [0.2, 0.25) is 11.8 Å². The van der Waals surface area contributed by atoms with Gasteiger partial charge in [0.15, 0.2) is 0 Å². The molecule has 0 fully saturated rings. The molecule has 0 saturated carbocycles. The lowest BCUT2D eigenvalue weighted by Crippen LogP contribution is -2.51. The zero-order chi connectivity index (χ0) is 29.4. The average Bonchev–Trinajstić information content (AvgIpc) is 2.94. The Balaban J connectivity index is 2.09. The van der Waals surface area contributed by atoms with E-state index >= 15 is 0 Å². The van der Waals surface area contributed by atoms with Gasteiger partial charge in [-0.15, -0.1) is 0 Å². The number of amides is 2. The van der Waals surface area contributed by atoms with Crippen LogP contribution in [0.2, 0.25) is 10.0 Å². The number of non-ortho nitro benzene ring substituents is 1. The highest BCUT2D eigenvalue weighted by atomic mass is 35.5. The number of rotatable bonds is 12. The topological polar surface area (TPSA) is 130 Å². The van der Waals surface area contributed by atoms with E-state index in [4.69, 9.17) is 23.2 Å². The molecule has 0 radical (unpaired) electrons. The van der Waals surface area contributed by atoms with Crippen molar-refractivity contribution >= 4 is 56.4 Å². The summed E-state index contributed by atoms with van der Waals surface area (Å²) in [7, 11) is -4.36. The van der Waals surface area contributed by atoms with Gasteiger partial charge in [-0.2, -0.15) is 0 Å². The molecule has 10 nitrogen and oxygen atoms in total. The molecule has 3 aromatic rings. The van der Waals surface area contributed by atoms with E-state index in [0.29, 0.717) is 18.5 Å². The van der Waals surface area contributed by atoms with Gasteiger partial charge in [-0.25, -0.2) is 8.42 Å². The molecule has 0 heterocycles. The minimum atomic E-state index is -4.36. The summed E-state index contributed by atoms with van der Waals surface area (Å²) in [5.74, 6) is -1.20. The first-order valence-corrected chi connectivity index (χ1v) is 14.5. The number of halogens is 2. The molecule has 0 aliphatic rings. The molecule has 0 saturated heterocycles. The van der Waals surface area contributed by atoms with Gasteiger partial charge in [0.25, 0.3) is 15.7 Å². The van der Waals surface area contributed by atoms with E-state index < -0.39 is 39.3 Å². The Hall–Kier alpha value is -3.67. The summed E-state index contributed by atoms with van der Waals surface area (Å²) in [6.45, 7) is 2.82. The van der Waals surface area contributed by atoms with E-state index in [1.54, 1.807) is 24.3 Å². The molecule has 0 spiro atoms. The molecule has 40 heavy (non-hydrogen) atoms. The van der Waals surface area contributed by atoms with Crippen molar-refractivity contribution in [3.05, 3.63) is 98.5 Å². The van der Waals surface area contributed by atoms with Gasteiger partial charge in [0, 0.05) is 40.8 Å². The third-order valence-electron chi connectivity index (χ3n) is 6.05. The molecule has 0 aliphatic carbocycles. The molecule has 2 amide bonds. The zero-order valence-corrected chi connectivity index (χ0v) is 24.1. The highest BCUT2D eigenvalue weighted by molar-refractivity contribution is 7.92. The largest absolute Gasteiger partial charge is 0.354 e. The van der Waals surface area contributed by atoms with E-state index in [-0.39, 0.29) is 32.9 Å². The SMILES string of the molecule is CCCNC(=O)[C@H](C)N(Cc1c(Cl)cccc1Cl)C(=O)CN(c1cccc([N+](=O)[O-])c1)S(=O)(=O)c1ccccc1. The van der Waals surface area contributed by atoms with Crippen LogP contribution in [-0.2, 0) is 26.2 Å². The summed E-state index contributed by atoms with van der Waals surface area (Å²) in [5.41, 5.74) is -0.0717. The van der Waals surface area contributed by atoms with Crippen LogP contribution in [-0.4, -0.2) is 49.2 Å². The average molecular weight is 608 g/mol. The van der Waals surface area contributed by atoms with Gasteiger partial charge in [-0.05, 0) is 43.7 Å². The Morgan fingerprint density at radius 3 is 2.23 bits per heavy atom. The second-order valence-corrected chi connectivity index (χ2v) is 11.5. The van der Waals surface area contributed by atoms with Crippen LogP contribution in [0.25, 0.3) is 0 Å². The molecule has 0 unspecified atom stereocenters. The zero-order valence-electron chi connectivity index (χ0n) is 21.8. The fourth-order valence-electron chi connectivity index (χ4n) is 3.84. The van der Waals surface area contributed by atoms with Crippen LogP contribution in [0.4, 0.5) is 11.4 Å². The molecular formula is C27H28Cl2N4O6S. The second-order valence-electron chi connectivity index (χ2n) is 8.79. The van der Waals surface area contributed by atoms with E-state index in [9.17, 15) is 28.1 Å². The molecule has 3 rings (SSSR count). The summed E-state index contributed by atoms with van der Waals surface area (Å²) in [5, 5.41) is 14.7. The van der Waals surface area contributed by atoms with Crippen molar-refractivity contribution in [3.8, 4) is 0 Å². The van der Waals surface area contributed by atoms with Gasteiger partial charge in [-0.1, -0.05) is 60.5 Å². The van der Waals surface area contributed by atoms with Crippen molar-refractivity contribution in [2.45, 2.75) is 37.8 Å². The lowest BCUT2D eigenvalue weighted by atomic mass is 10.1. The monoisotopic (exact) mass is 606 g/mol. The number of nitro groups is 1. The maximum atomic E-state index is 13.9. The van der Waals surface area contributed by atoms with Gasteiger partial charge in [-0.3, -0.25) is 24.0 Å². The quantitative estimate of drug-likeness (QED) is 0.227. The van der Waals surface area contributed by atoms with Crippen LogP contribution in [0, 0.1) is 10.1 Å². The molecule has 1 atom stereocenters. The number of benzene rings is 3. The van der Waals surface area contributed by atoms with Crippen molar-refractivity contribution in [1.29, 1.82) is 0 Å². The second kappa shape index (κ2) is 13.6. The maximum absolute atomic E-state index is 13.9. The van der Waals surface area contributed by atoms with Crippen molar-refractivity contribution in [1.82, 2.24) is 10.2 Å². The third-order valence-corrected chi connectivity index (χ3v) is 8.54. The molecular weight excluding hydrogens is 579 g/mol. The predicted octanol–water partition coefficient (Wildman–Crippen LogP) is 5.04. The number of hydrogen-bond acceptors (Lipinski definition) is 6. The van der Waals surface area contributed by atoms with Crippen LogP contribution in [0.1, 0.15) is 25.8 Å².